The van der Waals surface area contributed by atoms with Crippen molar-refractivity contribution in [1.29, 1.82) is 0 Å². The zero-order valence-electron chi connectivity index (χ0n) is 13.9. The predicted molar refractivity (Wildman–Crippen MR) is 107 cm³/mol. The number of rotatable bonds is 2. The highest BCUT2D eigenvalue weighted by Gasteiger charge is 2.31. The zero-order valence-corrected chi connectivity index (χ0v) is 15.5. The molecule has 0 aliphatic carbocycles. The number of fused-ring (bicyclic) bond motifs is 3. The molecule has 0 aromatic heterocycles. The second-order valence-corrected chi connectivity index (χ2v) is 7.42. The Morgan fingerprint density at radius 1 is 1.20 bits per heavy atom. The Labute approximate surface area is 155 Å². The van der Waals surface area contributed by atoms with Crippen LogP contribution in [0.3, 0.4) is 0 Å². The lowest BCUT2D eigenvalue weighted by Crippen LogP contribution is -2.27. The molecule has 6 heteroatoms. The number of allylic oxidation sites excluding steroid dienone is 2. The maximum Gasteiger partial charge on any atom is 0.266 e. The van der Waals surface area contributed by atoms with Crippen LogP contribution >= 0.6 is 24.0 Å². The molecule has 2 heterocycles. The smallest absolute Gasteiger partial charge is 0.266 e. The molecule has 0 spiro atoms. The van der Waals surface area contributed by atoms with Gasteiger partial charge in [0.25, 0.3) is 5.91 Å². The number of likely N-dealkylation sites (N-methyl/N-ethyl adjacent to an activating group) is 1. The molecular weight excluding hydrogens is 352 g/mol. The average Bonchev–Trinajstić information content (AvgIpc) is 3.09. The van der Waals surface area contributed by atoms with Crippen LogP contribution in [0.1, 0.15) is 6.92 Å². The van der Waals surface area contributed by atoms with Crippen LogP contribution in [-0.2, 0) is 4.79 Å². The predicted octanol–water partition coefficient (Wildman–Crippen LogP) is 4.27. The number of nitrogens with zero attached hydrogens (tertiary/aromatic N) is 2. The molecule has 2 aliphatic rings. The van der Waals surface area contributed by atoms with Gasteiger partial charge in [-0.05, 0) is 24.5 Å². The third-order valence-corrected chi connectivity index (χ3v) is 5.71. The van der Waals surface area contributed by atoms with E-state index in [1.165, 1.54) is 17.1 Å². The summed E-state index contributed by atoms with van der Waals surface area (Å²) in [7, 11) is 1.97. The number of benzene rings is 2. The highest BCUT2D eigenvalue weighted by molar-refractivity contribution is 8.26. The van der Waals surface area contributed by atoms with Crippen LogP contribution in [0.25, 0.3) is 10.8 Å². The molecule has 25 heavy (non-hydrogen) atoms. The summed E-state index contributed by atoms with van der Waals surface area (Å²) in [6.07, 6.45) is 3.62. The highest BCUT2D eigenvalue weighted by Crippen LogP contribution is 2.43. The lowest BCUT2D eigenvalue weighted by atomic mass is 10.1. The van der Waals surface area contributed by atoms with Crippen molar-refractivity contribution in [2.24, 2.45) is 0 Å². The van der Waals surface area contributed by atoms with Crippen molar-refractivity contribution >= 4 is 50.7 Å². The molecule has 0 saturated carbocycles. The van der Waals surface area contributed by atoms with Gasteiger partial charge in [-0.25, -0.2) is 0 Å². The maximum absolute atomic E-state index is 12.3. The van der Waals surface area contributed by atoms with Gasteiger partial charge in [0.15, 0.2) is 11.6 Å². The fourth-order valence-corrected chi connectivity index (χ4v) is 4.36. The molecule has 4 rings (SSSR count). The lowest BCUT2D eigenvalue weighted by molar-refractivity contribution is -0.122. The topological polar surface area (TPSA) is 32.8 Å². The van der Waals surface area contributed by atoms with Gasteiger partial charge in [0.2, 0.25) is 0 Å². The van der Waals surface area contributed by atoms with Crippen LogP contribution in [0.2, 0.25) is 0 Å². The molecule has 1 saturated heterocycles. The van der Waals surface area contributed by atoms with Crippen LogP contribution in [0.5, 0.6) is 5.75 Å². The minimum Gasteiger partial charge on any atom is -0.439 e. The van der Waals surface area contributed by atoms with Gasteiger partial charge in [-0.15, -0.1) is 0 Å². The third kappa shape index (κ3) is 2.62. The number of amides is 1. The molecule has 2 aromatic carbocycles. The van der Waals surface area contributed by atoms with E-state index >= 15 is 0 Å². The zero-order chi connectivity index (χ0) is 17.6. The van der Waals surface area contributed by atoms with E-state index in [2.05, 4.69) is 18.2 Å². The summed E-state index contributed by atoms with van der Waals surface area (Å²) in [6, 6.07) is 12.2. The van der Waals surface area contributed by atoms with Crippen LogP contribution < -0.4 is 9.64 Å². The van der Waals surface area contributed by atoms with E-state index in [-0.39, 0.29) is 5.91 Å². The van der Waals surface area contributed by atoms with Crippen molar-refractivity contribution in [2.75, 3.05) is 18.5 Å². The molecule has 0 unspecified atom stereocenters. The van der Waals surface area contributed by atoms with Crippen molar-refractivity contribution in [2.45, 2.75) is 6.92 Å². The number of carbonyl (C=O) groups is 1. The number of carbonyl (C=O) groups excluding carboxylic acids is 1. The Kier molecular flexibility index (Phi) is 4.01. The summed E-state index contributed by atoms with van der Waals surface area (Å²) in [5.41, 5.74) is 1.04. The number of thiocarbonyl (C=S) groups is 1. The van der Waals surface area contributed by atoms with E-state index in [1.54, 1.807) is 11.0 Å². The van der Waals surface area contributed by atoms with Gasteiger partial charge >= 0.3 is 0 Å². The average molecular weight is 368 g/mol. The molecule has 1 fully saturated rings. The van der Waals surface area contributed by atoms with Gasteiger partial charge in [-0.3, -0.25) is 9.69 Å². The first-order valence-corrected chi connectivity index (χ1v) is 9.21. The number of anilines is 1. The van der Waals surface area contributed by atoms with Crippen LogP contribution in [0, 0.1) is 0 Å². The highest BCUT2D eigenvalue weighted by atomic mass is 32.2. The van der Waals surface area contributed by atoms with Crippen molar-refractivity contribution in [3.8, 4) is 5.75 Å². The quantitative estimate of drug-likeness (QED) is 0.584. The summed E-state index contributed by atoms with van der Waals surface area (Å²) in [5.74, 6) is 1.47. The molecule has 1 amide bonds. The standard InChI is InChI=1S/C19H16N2O2S2/c1-3-21-18(22)15(25-19(21)24)10-11-16-20(2)17-13-7-5-4-6-12(13)8-9-14(17)23-16/h4-11H,3H2,1-2H3/b15-10+,16-11-. The van der Waals surface area contributed by atoms with Gasteiger partial charge in [0.1, 0.15) is 4.32 Å². The van der Waals surface area contributed by atoms with Gasteiger partial charge < -0.3 is 9.64 Å². The van der Waals surface area contributed by atoms with Crippen molar-refractivity contribution in [3.05, 3.63) is 59.3 Å². The van der Waals surface area contributed by atoms with E-state index in [4.69, 9.17) is 17.0 Å². The van der Waals surface area contributed by atoms with Gasteiger partial charge in [-0.2, -0.15) is 0 Å². The van der Waals surface area contributed by atoms with Crippen LogP contribution in [0.4, 0.5) is 5.69 Å². The van der Waals surface area contributed by atoms with E-state index in [9.17, 15) is 4.79 Å². The number of ether oxygens (including phenoxy) is 1. The summed E-state index contributed by atoms with van der Waals surface area (Å²) < 4.78 is 6.58. The first kappa shape index (κ1) is 16.2. The minimum atomic E-state index is -0.0436. The van der Waals surface area contributed by atoms with Crippen molar-refractivity contribution in [1.82, 2.24) is 4.90 Å². The van der Waals surface area contributed by atoms with Gasteiger partial charge in [0, 0.05) is 25.1 Å². The number of thioether (sulfide) groups is 1. The first-order valence-electron chi connectivity index (χ1n) is 7.99. The van der Waals surface area contributed by atoms with Gasteiger partial charge in [0.05, 0.1) is 10.6 Å². The largest absolute Gasteiger partial charge is 0.439 e. The molecular formula is C19H16N2O2S2. The molecule has 2 aliphatic heterocycles. The minimum absolute atomic E-state index is 0.0436. The summed E-state index contributed by atoms with van der Waals surface area (Å²) in [6.45, 7) is 2.51. The van der Waals surface area contributed by atoms with E-state index in [0.29, 0.717) is 21.7 Å². The monoisotopic (exact) mass is 368 g/mol. The number of hydrogen-bond acceptors (Lipinski definition) is 5. The summed E-state index contributed by atoms with van der Waals surface area (Å²) in [4.78, 5) is 16.5. The van der Waals surface area contributed by atoms with Crippen LogP contribution in [0.15, 0.2) is 59.3 Å². The molecule has 2 aromatic rings. The molecule has 0 atom stereocenters. The number of hydrogen-bond donors (Lipinski definition) is 0. The fraction of sp³-hybridized carbons (Fsp3) is 0.158. The Balaban J connectivity index is 1.68. The Bertz CT molecular complexity index is 965. The van der Waals surface area contributed by atoms with Gasteiger partial charge in [-0.1, -0.05) is 54.3 Å². The Morgan fingerprint density at radius 3 is 2.76 bits per heavy atom. The normalized spacial score (nSPS) is 20.1. The third-order valence-electron chi connectivity index (χ3n) is 4.31. The Hall–Kier alpha value is -2.31. The van der Waals surface area contributed by atoms with E-state index < -0.39 is 0 Å². The lowest BCUT2D eigenvalue weighted by Gasteiger charge is -2.12. The molecule has 4 nitrogen and oxygen atoms in total. The fourth-order valence-electron chi connectivity index (χ4n) is 3.03. The second kappa shape index (κ2) is 6.20. The summed E-state index contributed by atoms with van der Waals surface area (Å²) >= 11 is 6.57. The molecule has 126 valence electrons. The Morgan fingerprint density at radius 2 is 2.00 bits per heavy atom. The molecule has 0 bridgehead atoms. The first-order chi connectivity index (χ1) is 12.1. The van der Waals surface area contributed by atoms with E-state index in [0.717, 1.165) is 16.8 Å². The molecule has 0 N–H and O–H groups in total. The second-order valence-electron chi connectivity index (χ2n) is 5.75. The van der Waals surface area contributed by atoms with Crippen molar-refractivity contribution in [3.63, 3.8) is 0 Å². The van der Waals surface area contributed by atoms with Crippen LogP contribution in [-0.4, -0.2) is 28.7 Å². The van der Waals surface area contributed by atoms with Crippen molar-refractivity contribution < 1.29 is 9.53 Å². The maximum atomic E-state index is 12.3. The SMILES string of the molecule is CCN1C(=O)/C(=C\C=C2/Oc3ccc4ccccc4c3N2C)SC1=S. The van der Waals surface area contributed by atoms with E-state index in [1.807, 2.05) is 43.1 Å². The molecule has 0 radical (unpaired) electrons. The summed E-state index contributed by atoms with van der Waals surface area (Å²) in [5, 5.41) is 2.31.